The molecule has 282 valence electrons. The Labute approximate surface area is 318 Å². The molecule has 3 saturated carbocycles. The maximum absolute atomic E-state index is 12.2. The standard InChI is InChI=1S/C13H14N2O3.C13H16N2O.C7H11NO.C6H4BrNO2.H2/c16-13-9-1-3-10(4-2-9)14(13)11-5-7-12(8-6-11)15(17)18;14-10-3-7-12(8-4-10)15-11-5-1-9(2-6-11)13(15)16;9-7-5-1-3-6(8-7)4-2-5;7-5-1-3-6(4-2-5)8(9)10;/h5-10H,1-4H2;3-4,7-9,11H,1-2,5-6,14H2;5-6H,1-4H2,(H,8,9);1-4H;1H. The highest BCUT2D eigenvalue weighted by molar-refractivity contribution is 9.10. The van der Waals surface area contributed by atoms with Crippen molar-refractivity contribution in [2.75, 3.05) is 15.5 Å². The van der Waals surface area contributed by atoms with E-state index in [4.69, 9.17) is 5.73 Å². The molecule has 53 heavy (non-hydrogen) atoms. The summed E-state index contributed by atoms with van der Waals surface area (Å²) in [6, 6.07) is 21.3. The van der Waals surface area contributed by atoms with Crippen LogP contribution in [-0.2, 0) is 14.4 Å². The summed E-state index contributed by atoms with van der Waals surface area (Å²) in [5.41, 5.74) is 8.39. The number of benzene rings is 3. The predicted molar refractivity (Wildman–Crippen MR) is 207 cm³/mol. The molecule has 0 radical (unpaired) electrons. The van der Waals surface area contributed by atoms with Crippen molar-refractivity contribution in [3.8, 4) is 0 Å². The second-order valence-electron chi connectivity index (χ2n) is 14.6. The number of fused-ring (bicyclic) bond motifs is 9. The number of carbonyl (C=O) groups excluding carboxylic acids is 3. The molecule has 0 aromatic heterocycles. The minimum Gasteiger partial charge on any atom is -0.399 e. The van der Waals surface area contributed by atoms with Crippen molar-refractivity contribution < 1.29 is 25.7 Å². The summed E-state index contributed by atoms with van der Waals surface area (Å²) in [5, 5.41) is 23.7. The molecular formula is C39H47BrN6O7. The highest BCUT2D eigenvalue weighted by Crippen LogP contribution is 2.40. The Morgan fingerprint density at radius 2 is 0.962 bits per heavy atom. The van der Waals surface area contributed by atoms with Gasteiger partial charge in [-0.15, -0.1) is 0 Å². The van der Waals surface area contributed by atoms with Gasteiger partial charge in [0.1, 0.15) is 0 Å². The maximum atomic E-state index is 12.2. The monoisotopic (exact) mass is 790 g/mol. The van der Waals surface area contributed by atoms with Crippen molar-refractivity contribution in [1.29, 1.82) is 0 Å². The van der Waals surface area contributed by atoms with Gasteiger partial charge in [-0.2, -0.15) is 0 Å². The van der Waals surface area contributed by atoms with Gasteiger partial charge in [-0.3, -0.25) is 34.6 Å². The Morgan fingerprint density at radius 3 is 1.28 bits per heavy atom. The van der Waals surface area contributed by atoms with Gasteiger partial charge in [0.25, 0.3) is 11.4 Å². The molecule has 6 saturated heterocycles. The Hall–Kier alpha value is -4.85. The van der Waals surface area contributed by atoms with Crippen molar-refractivity contribution in [3.63, 3.8) is 0 Å². The molecule has 14 heteroatoms. The van der Waals surface area contributed by atoms with Crippen LogP contribution in [0.3, 0.4) is 0 Å². The summed E-state index contributed by atoms with van der Waals surface area (Å²) in [4.78, 5) is 59.0. The first-order valence-corrected chi connectivity index (χ1v) is 19.2. The molecule has 0 atom stereocenters. The second-order valence-corrected chi connectivity index (χ2v) is 15.5. The average molecular weight is 792 g/mol. The molecule has 9 aliphatic rings. The fourth-order valence-electron chi connectivity index (χ4n) is 8.34. The smallest absolute Gasteiger partial charge is 0.269 e. The number of nitrogens with two attached hydrogens (primary N) is 1. The molecule has 12 rings (SSSR count). The molecule has 6 aliphatic heterocycles. The molecule has 3 aromatic rings. The lowest BCUT2D eigenvalue weighted by Crippen LogP contribution is -2.52. The van der Waals surface area contributed by atoms with Gasteiger partial charge < -0.3 is 20.9 Å². The summed E-state index contributed by atoms with van der Waals surface area (Å²) >= 11 is 3.17. The lowest BCUT2D eigenvalue weighted by molar-refractivity contribution is -0.385. The third kappa shape index (κ3) is 9.03. The number of non-ortho nitro benzene ring substituents is 2. The summed E-state index contributed by atoms with van der Waals surface area (Å²) in [6.07, 6.45) is 13.3. The van der Waals surface area contributed by atoms with Crippen LogP contribution in [0, 0.1) is 38.0 Å². The number of carbonyl (C=O) groups is 3. The topological polar surface area (TPSA) is 182 Å². The fraction of sp³-hybridized carbons (Fsp3) is 0.462. The van der Waals surface area contributed by atoms with E-state index in [9.17, 15) is 34.6 Å². The van der Waals surface area contributed by atoms with E-state index in [1.54, 1.807) is 24.3 Å². The molecule has 0 unspecified atom stereocenters. The molecular weight excluding hydrogens is 744 g/mol. The van der Waals surface area contributed by atoms with E-state index in [1.807, 2.05) is 34.1 Å². The lowest BCUT2D eigenvalue weighted by atomic mass is 9.79. The van der Waals surface area contributed by atoms with Crippen LogP contribution in [0.2, 0.25) is 0 Å². The van der Waals surface area contributed by atoms with Gasteiger partial charge in [0, 0.05) is 83.1 Å². The fourth-order valence-corrected chi connectivity index (χ4v) is 8.61. The molecule has 3 N–H and O–H groups in total. The zero-order valence-corrected chi connectivity index (χ0v) is 31.1. The van der Waals surface area contributed by atoms with Gasteiger partial charge in [0.15, 0.2) is 0 Å². The van der Waals surface area contributed by atoms with Crippen molar-refractivity contribution in [2.24, 2.45) is 17.8 Å². The summed E-state index contributed by atoms with van der Waals surface area (Å²) in [5.74, 6) is 1.60. The molecule has 0 spiro atoms. The number of hydrogen-bond donors (Lipinski definition) is 2. The van der Waals surface area contributed by atoms with Crippen LogP contribution in [0.5, 0.6) is 0 Å². The normalized spacial score (nSPS) is 26.2. The number of piperidine rings is 6. The number of nitrogens with one attached hydrogen (secondary N) is 1. The van der Waals surface area contributed by atoms with E-state index < -0.39 is 9.85 Å². The zero-order valence-electron chi connectivity index (χ0n) is 29.5. The van der Waals surface area contributed by atoms with Crippen LogP contribution in [-0.4, -0.2) is 45.7 Å². The van der Waals surface area contributed by atoms with Crippen LogP contribution in [0.1, 0.15) is 78.5 Å². The second kappa shape index (κ2) is 16.9. The van der Waals surface area contributed by atoms with Gasteiger partial charge in [-0.05, 0) is 126 Å². The Bertz CT molecular complexity index is 1790. The van der Waals surface area contributed by atoms with Gasteiger partial charge in [0.2, 0.25) is 17.7 Å². The molecule has 9 fully saturated rings. The van der Waals surface area contributed by atoms with Crippen molar-refractivity contribution >= 4 is 62.1 Å². The summed E-state index contributed by atoms with van der Waals surface area (Å²) < 4.78 is 0.845. The van der Waals surface area contributed by atoms with Gasteiger partial charge in [0.05, 0.1) is 9.85 Å². The molecule has 3 aromatic carbocycles. The number of nitro groups is 2. The van der Waals surface area contributed by atoms with E-state index in [1.165, 1.54) is 37.1 Å². The SMILES string of the molecule is Nc1ccc(N2C(=O)C3CCC2CC3)cc1.O=C1C2CCC(CC2)N1c1ccc([N+](=O)[O-])cc1.O=C1NC2CCC1CC2.O=[N+]([O-])c1ccc(Br)cc1.[HH]. The number of nitrogen functional groups attached to an aromatic ring is 1. The first-order chi connectivity index (χ1) is 25.5. The number of amides is 3. The molecule has 6 bridgehead atoms. The Morgan fingerprint density at radius 1 is 0.585 bits per heavy atom. The third-order valence-corrected chi connectivity index (χ3v) is 11.8. The molecule has 3 aliphatic carbocycles. The first kappa shape index (κ1) is 37.9. The highest BCUT2D eigenvalue weighted by atomic mass is 79.9. The average Bonchev–Trinajstić information content (AvgIpc) is 3.18. The van der Waals surface area contributed by atoms with Gasteiger partial charge in [-0.1, -0.05) is 15.9 Å². The van der Waals surface area contributed by atoms with Crippen LogP contribution in [0.15, 0.2) is 77.3 Å². The van der Waals surface area contributed by atoms with E-state index >= 15 is 0 Å². The van der Waals surface area contributed by atoms with Crippen molar-refractivity contribution in [1.82, 2.24) is 5.32 Å². The van der Waals surface area contributed by atoms with Crippen LogP contribution < -0.4 is 20.9 Å². The van der Waals surface area contributed by atoms with Gasteiger partial charge >= 0.3 is 0 Å². The number of halogens is 1. The van der Waals surface area contributed by atoms with Crippen LogP contribution >= 0.6 is 15.9 Å². The Balaban J connectivity index is 0.000000143. The van der Waals surface area contributed by atoms with E-state index in [0.717, 1.165) is 85.7 Å². The van der Waals surface area contributed by atoms with E-state index in [2.05, 4.69) is 21.2 Å². The Kier molecular flexibility index (Phi) is 12.1. The minimum atomic E-state index is -0.424. The lowest BCUT2D eigenvalue weighted by Gasteiger charge is -2.44. The minimum absolute atomic E-state index is 0. The predicted octanol–water partition coefficient (Wildman–Crippen LogP) is 7.95. The number of nitro benzene ring substituents is 2. The third-order valence-electron chi connectivity index (χ3n) is 11.3. The molecule has 3 amide bonds. The summed E-state index contributed by atoms with van der Waals surface area (Å²) in [7, 11) is 0. The van der Waals surface area contributed by atoms with Crippen molar-refractivity contribution in [3.05, 3.63) is 97.5 Å². The van der Waals surface area contributed by atoms with Gasteiger partial charge in [-0.25, -0.2) is 0 Å². The zero-order chi connectivity index (χ0) is 37.6. The molecule has 6 heterocycles. The summed E-state index contributed by atoms with van der Waals surface area (Å²) in [6.45, 7) is 0. The molecule has 13 nitrogen and oxygen atoms in total. The number of anilines is 3. The highest BCUT2D eigenvalue weighted by Gasteiger charge is 2.42. The first-order valence-electron chi connectivity index (χ1n) is 18.4. The van der Waals surface area contributed by atoms with E-state index in [0.29, 0.717) is 29.8 Å². The number of nitrogens with zero attached hydrogens (tertiary/aromatic N) is 4. The number of hydrogen-bond acceptors (Lipinski definition) is 8. The largest absolute Gasteiger partial charge is 0.399 e. The van der Waals surface area contributed by atoms with Crippen LogP contribution in [0.4, 0.5) is 28.4 Å². The van der Waals surface area contributed by atoms with E-state index in [-0.39, 0.29) is 36.6 Å². The van der Waals surface area contributed by atoms with Crippen molar-refractivity contribution in [2.45, 2.75) is 95.2 Å². The maximum Gasteiger partial charge on any atom is 0.269 e. The quantitative estimate of drug-likeness (QED) is 0.152. The number of rotatable bonds is 4. The van der Waals surface area contributed by atoms with Crippen LogP contribution in [0.25, 0.3) is 0 Å².